The number of nitrogens with zero attached hydrogens (tertiary/aromatic N) is 1. The molecular weight excluding hydrogens is 316 g/mol. The number of sulfone groups is 1. The summed E-state index contributed by atoms with van der Waals surface area (Å²) < 4.78 is 24.4. The second-order valence-corrected chi connectivity index (χ2v) is 8.24. The van der Waals surface area contributed by atoms with Crippen LogP contribution in [0.2, 0.25) is 0 Å². The summed E-state index contributed by atoms with van der Waals surface area (Å²) in [5.74, 6) is 0.563. The Morgan fingerprint density at radius 3 is 2.68 bits per heavy atom. The molecule has 0 fully saturated rings. The van der Waals surface area contributed by atoms with Gasteiger partial charge in [0, 0.05) is 5.75 Å². The van der Waals surface area contributed by atoms with Gasteiger partial charge in [-0.15, -0.1) is 0 Å². The molecule has 4 nitrogen and oxygen atoms in total. The molecule has 0 aliphatic rings. The second kappa shape index (κ2) is 6.14. The van der Waals surface area contributed by atoms with E-state index in [9.17, 15) is 8.42 Å². The molecule has 1 aromatic heterocycles. The Hall–Kier alpha value is -1.79. The average Bonchev–Trinajstić information content (AvgIpc) is 2.89. The molecule has 0 bridgehead atoms. The number of hydrogen-bond acceptors (Lipinski definition) is 4. The molecule has 0 radical (unpaired) electrons. The predicted molar refractivity (Wildman–Crippen MR) is 90.0 cm³/mol. The maximum absolute atomic E-state index is 12.2. The van der Waals surface area contributed by atoms with Gasteiger partial charge in [-0.25, -0.2) is 13.4 Å². The Balaban J connectivity index is 1.67. The van der Waals surface area contributed by atoms with Crippen LogP contribution < -0.4 is 0 Å². The fourth-order valence-electron chi connectivity index (χ4n) is 2.16. The zero-order chi connectivity index (χ0) is 15.6. The Morgan fingerprint density at radius 1 is 1.14 bits per heavy atom. The summed E-state index contributed by atoms with van der Waals surface area (Å²) >= 11 is 1.43. The third kappa shape index (κ3) is 3.34. The molecular formula is C16H16N2O2S2. The van der Waals surface area contributed by atoms with Crippen LogP contribution in [-0.2, 0) is 9.84 Å². The van der Waals surface area contributed by atoms with Gasteiger partial charge in [-0.3, -0.25) is 0 Å². The van der Waals surface area contributed by atoms with E-state index in [1.807, 2.05) is 31.2 Å². The van der Waals surface area contributed by atoms with E-state index < -0.39 is 9.84 Å². The van der Waals surface area contributed by atoms with Crippen molar-refractivity contribution in [2.45, 2.75) is 17.0 Å². The monoisotopic (exact) mass is 332 g/mol. The van der Waals surface area contributed by atoms with Gasteiger partial charge in [0.25, 0.3) is 0 Å². The lowest BCUT2D eigenvalue weighted by Crippen LogP contribution is -2.08. The highest BCUT2D eigenvalue weighted by molar-refractivity contribution is 8.00. The van der Waals surface area contributed by atoms with E-state index in [1.165, 1.54) is 17.3 Å². The third-order valence-corrected chi connectivity index (χ3v) is 6.17. The van der Waals surface area contributed by atoms with Crippen molar-refractivity contribution < 1.29 is 8.42 Å². The molecule has 2 aromatic carbocycles. The summed E-state index contributed by atoms with van der Waals surface area (Å²) in [6, 6.07) is 14.6. The molecule has 1 heterocycles. The first-order valence-corrected chi connectivity index (χ1v) is 9.55. The number of H-pyrrole nitrogens is 1. The van der Waals surface area contributed by atoms with Crippen LogP contribution >= 0.6 is 11.8 Å². The van der Waals surface area contributed by atoms with E-state index >= 15 is 0 Å². The van der Waals surface area contributed by atoms with Gasteiger partial charge in [-0.05, 0) is 36.8 Å². The van der Waals surface area contributed by atoms with Gasteiger partial charge in [0.15, 0.2) is 15.0 Å². The molecule has 3 aromatic rings. The van der Waals surface area contributed by atoms with Gasteiger partial charge < -0.3 is 4.98 Å². The van der Waals surface area contributed by atoms with Crippen LogP contribution in [0.3, 0.4) is 0 Å². The van der Waals surface area contributed by atoms with Crippen LogP contribution in [0.1, 0.15) is 5.56 Å². The minimum atomic E-state index is -3.23. The number of fused-ring (bicyclic) bond motifs is 1. The number of aryl methyl sites for hydroxylation is 1. The highest BCUT2D eigenvalue weighted by Crippen LogP contribution is 2.21. The molecule has 0 unspecified atom stereocenters. The Morgan fingerprint density at radius 2 is 1.91 bits per heavy atom. The second-order valence-electron chi connectivity index (χ2n) is 5.04. The molecule has 0 aliphatic carbocycles. The van der Waals surface area contributed by atoms with Crippen molar-refractivity contribution in [3.05, 3.63) is 54.1 Å². The summed E-state index contributed by atoms with van der Waals surface area (Å²) in [6.45, 7) is 2.03. The predicted octanol–water partition coefficient (Wildman–Crippen LogP) is 3.44. The summed E-state index contributed by atoms with van der Waals surface area (Å²) in [7, 11) is -3.23. The first kappa shape index (κ1) is 15.1. The molecule has 3 rings (SSSR count). The molecule has 6 heteroatoms. The molecule has 0 saturated heterocycles. The van der Waals surface area contributed by atoms with Crippen molar-refractivity contribution in [2.24, 2.45) is 0 Å². The maximum atomic E-state index is 12.2. The van der Waals surface area contributed by atoms with E-state index in [4.69, 9.17) is 0 Å². The topological polar surface area (TPSA) is 62.8 Å². The van der Waals surface area contributed by atoms with Crippen molar-refractivity contribution in [1.82, 2.24) is 9.97 Å². The SMILES string of the molecule is Cc1ccc2nc(SCCS(=O)(=O)c3ccccc3)[nH]c2c1. The zero-order valence-corrected chi connectivity index (χ0v) is 13.7. The molecule has 0 amide bonds. The summed E-state index contributed by atoms with van der Waals surface area (Å²) in [6.07, 6.45) is 0. The first-order chi connectivity index (χ1) is 10.5. The summed E-state index contributed by atoms with van der Waals surface area (Å²) in [5, 5.41) is 0.754. The van der Waals surface area contributed by atoms with Crippen molar-refractivity contribution in [3.8, 4) is 0 Å². The molecule has 0 spiro atoms. The van der Waals surface area contributed by atoms with Crippen molar-refractivity contribution in [2.75, 3.05) is 11.5 Å². The highest BCUT2D eigenvalue weighted by Gasteiger charge is 2.14. The minimum absolute atomic E-state index is 0.0950. The minimum Gasteiger partial charge on any atom is -0.333 e. The molecule has 0 aliphatic heterocycles. The van der Waals surface area contributed by atoms with E-state index in [1.54, 1.807) is 24.3 Å². The van der Waals surface area contributed by atoms with Crippen molar-refractivity contribution in [3.63, 3.8) is 0 Å². The quantitative estimate of drug-likeness (QED) is 0.727. The van der Waals surface area contributed by atoms with Gasteiger partial charge in [0.05, 0.1) is 21.7 Å². The van der Waals surface area contributed by atoms with Gasteiger partial charge in [0.2, 0.25) is 0 Å². The fraction of sp³-hybridized carbons (Fsp3) is 0.188. The number of imidazole rings is 1. The normalized spacial score (nSPS) is 11.9. The Kier molecular flexibility index (Phi) is 4.22. The molecule has 0 saturated carbocycles. The average molecular weight is 332 g/mol. The van der Waals surface area contributed by atoms with Gasteiger partial charge in [-0.2, -0.15) is 0 Å². The van der Waals surface area contributed by atoms with E-state index in [0.717, 1.165) is 16.2 Å². The van der Waals surface area contributed by atoms with Crippen LogP contribution in [0.4, 0.5) is 0 Å². The van der Waals surface area contributed by atoms with E-state index in [0.29, 0.717) is 10.6 Å². The van der Waals surface area contributed by atoms with Crippen LogP contribution in [0.25, 0.3) is 11.0 Å². The fourth-order valence-corrected chi connectivity index (χ4v) is 4.72. The lowest BCUT2D eigenvalue weighted by atomic mass is 10.2. The number of thioether (sulfide) groups is 1. The van der Waals surface area contributed by atoms with Crippen LogP contribution in [0.15, 0.2) is 58.6 Å². The number of rotatable bonds is 5. The van der Waals surface area contributed by atoms with E-state index in [2.05, 4.69) is 9.97 Å². The molecule has 1 N–H and O–H groups in total. The Bertz CT molecular complexity index is 887. The molecule has 0 atom stereocenters. The number of aromatic amines is 1. The maximum Gasteiger partial charge on any atom is 0.179 e. The molecule has 22 heavy (non-hydrogen) atoms. The zero-order valence-electron chi connectivity index (χ0n) is 12.1. The van der Waals surface area contributed by atoms with Crippen molar-refractivity contribution in [1.29, 1.82) is 0 Å². The lowest BCUT2D eigenvalue weighted by molar-refractivity contribution is 0.597. The van der Waals surface area contributed by atoms with Gasteiger partial charge >= 0.3 is 0 Å². The van der Waals surface area contributed by atoms with Crippen molar-refractivity contribution >= 4 is 32.6 Å². The summed E-state index contributed by atoms with van der Waals surface area (Å²) in [5.41, 5.74) is 3.05. The largest absolute Gasteiger partial charge is 0.333 e. The Labute approximate surface area is 133 Å². The number of nitrogens with one attached hydrogen (secondary N) is 1. The smallest absolute Gasteiger partial charge is 0.179 e. The third-order valence-electron chi connectivity index (χ3n) is 3.31. The summed E-state index contributed by atoms with van der Waals surface area (Å²) in [4.78, 5) is 8.05. The van der Waals surface area contributed by atoms with Gasteiger partial charge in [0.1, 0.15) is 0 Å². The molecule has 114 valence electrons. The number of hydrogen-bond donors (Lipinski definition) is 1. The highest BCUT2D eigenvalue weighted by atomic mass is 32.2. The number of benzene rings is 2. The lowest BCUT2D eigenvalue weighted by Gasteiger charge is -2.02. The van der Waals surface area contributed by atoms with Crippen LogP contribution in [0, 0.1) is 6.92 Å². The van der Waals surface area contributed by atoms with Crippen LogP contribution in [0.5, 0.6) is 0 Å². The van der Waals surface area contributed by atoms with E-state index in [-0.39, 0.29) is 5.75 Å². The van der Waals surface area contributed by atoms with Gasteiger partial charge in [-0.1, -0.05) is 36.0 Å². The first-order valence-electron chi connectivity index (χ1n) is 6.91. The number of aromatic nitrogens is 2. The standard InChI is InChI=1S/C16H16N2O2S2/c1-12-7-8-14-15(11-12)18-16(17-14)21-9-10-22(19,20)13-5-3-2-4-6-13/h2-8,11H,9-10H2,1H3,(H,17,18). The van der Waals surface area contributed by atoms with Crippen LogP contribution in [-0.4, -0.2) is 29.9 Å².